The van der Waals surface area contributed by atoms with Gasteiger partial charge >= 0.3 is 0 Å². The summed E-state index contributed by atoms with van der Waals surface area (Å²) < 4.78 is 33.0. The molecule has 0 spiro atoms. The number of benzene rings is 2. The van der Waals surface area contributed by atoms with E-state index < -0.39 is 10.0 Å². The minimum atomic E-state index is -3.68. The number of rotatable bonds is 5. The van der Waals surface area contributed by atoms with E-state index in [0.29, 0.717) is 30.2 Å². The molecular weight excluding hydrogens is 338 g/mol. The number of Topliss-reactive ketones (excluding diaryl/α,β-unsaturated/α-hetero) is 1. The van der Waals surface area contributed by atoms with Crippen molar-refractivity contribution < 1.29 is 17.9 Å². The zero-order valence-corrected chi connectivity index (χ0v) is 15.2. The number of ketones is 1. The molecule has 2 aromatic rings. The van der Waals surface area contributed by atoms with Crippen LogP contribution in [0.15, 0.2) is 47.4 Å². The monoisotopic (exact) mass is 359 g/mol. The largest absolute Gasteiger partial charge is 0.494 e. The van der Waals surface area contributed by atoms with Gasteiger partial charge in [-0.05, 0) is 62.6 Å². The van der Waals surface area contributed by atoms with Gasteiger partial charge in [0.05, 0.1) is 17.2 Å². The summed E-state index contributed by atoms with van der Waals surface area (Å²) in [6, 6.07) is 11.7. The predicted molar refractivity (Wildman–Crippen MR) is 96.9 cm³/mol. The third-order valence-electron chi connectivity index (χ3n) is 4.29. The van der Waals surface area contributed by atoms with Gasteiger partial charge in [0.15, 0.2) is 5.78 Å². The van der Waals surface area contributed by atoms with Gasteiger partial charge in [-0.25, -0.2) is 8.42 Å². The fourth-order valence-electron chi connectivity index (χ4n) is 3.01. The molecular formula is C19H21NO4S. The summed E-state index contributed by atoms with van der Waals surface area (Å²) in [5.41, 5.74) is 2.08. The van der Waals surface area contributed by atoms with Crippen LogP contribution in [0.3, 0.4) is 0 Å². The van der Waals surface area contributed by atoms with Crippen LogP contribution < -0.4 is 9.04 Å². The van der Waals surface area contributed by atoms with Crippen LogP contribution in [-0.2, 0) is 16.4 Å². The van der Waals surface area contributed by atoms with Gasteiger partial charge in [0.25, 0.3) is 10.0 Å². The standard InChI is InChI=1S/C19H21NO4S/c1-3-24-17-8-10-18(11-9-17)25(22,23)20-12-4-5-15-6-7-16(14(2)21)13-19(15)20/h6-11,13H,3-5,12H2,1-2H3. The average molecular weight is 359 g/mol. The number of carbonyl (C=O) groups is 1. The molecule has 0 saturated carbocycles. The van der Waals surface area contributed by atoms with Gasteiger partial charge in [-0.1, -0.05) is 12.1 Å². The fraction of sp³-hybridized carbons (Fsp3) is 0.316. The lowest BCUT2D eigenvalue weighted by Gasteiger charge is -2.31. The molecule has 0 N–H and O–H groups in total. The molecule has 0 aromatic heterocycles. The Morgan fingerprint density at radius 3 is 2.52 bits per heavy atom. The van der Waals surface area contributed by atoms with Crippen LogP contribution >= 0.6 is 0 Å². The van der Waals surface area contributed by atoms with Crippen molar-refractivity contribution in [2.45, 2.75) is 31.6 Å². The van der Waals surface area contributed by atoms with Crippen LogP contribution in [0.2, 0.25) is 0 Å². The topological polar surface area (TPSA) is 63.7 Å². The van der Waals surface area contributed by atoms with Gasteiger partial charge in [-0.3, -0.25) is 9.10 Å². The highest BCUT2D eigenvalue weighted by Gasteiger charge is 2.29. The maximum Gasteiger partial charge on any atom is 0.264 e. The lowest BCUT2D eigenvalue weighted by molar-refractivity contribution is 0.101. The van der Waals surface area contributed by atoms with Gasteiger partial charge in [0.1, 0.15) is 5.75 Å². The lowest BCUT2D eigenvalue weighted by Crippen LogP contribution is -2.35. The van der Waals surface area contributed by atoms with E-state index in [1.807, 2.05) is 13.0 Å². The molecule has 3 rings (SSSR count). The molecule has 1 aliphatic heterocycles. The zero-order chi connectivity index (χ0) is 18.0. The predicted octanol–water partition coefficient (Wildman–Crippen LogP) is 3.43. The SMILES string of the molecule is CCOc1ccc(S(=O)(=O)N2CCCc3ccc(C(C)=O)cc32)cc1. The van der Waals surface area contributed by atoms with Crippen LogP contribution in [0.5, 0.6) is 5.75 Å². The molecule has 2 aromatic carbocycles. The zero-order valence-electron chi connectivity index (χ0n) is 14.4. The Morgan fingerprint density at radius 1 is 1.16 bits per heavy atom. The Kier molecular flexibility index (Phi) is 4.81. The fourth-order valence-corrected chi connectivity index (χ4v) is 4.54. The van der Waals surface area contributed by atoms with Crippen LogP contribution in [-0.4, -0.2) is 27.4 Å². The van der Waals surface area contributed by atoms with Gasteiger partial charge in [-0.2, -0.15) is 0 Å². The molecule has 0 atom stereocenters. The van der Waals surface area contributed by atoms with E-state index >= 15 is 0 Å². The second kappa shape index (κ2) is 6.88. The normalized spacial score (nSPS) is 14.1. The van der Waals surface area contributed by atoms with E-state index in [9.17, 15) is 13.2 Å². The summed E-state index contributed by atoms with van der Waals surface area (Å²) in [6.45, 7) is 4.29. The molecule has 1 aliphatic rings. The van der Waals surface area contributed by atoms with Crippen molar-refractivity contribution >= 4 is 21.5 Å². The molecule has 25 heavy (non-hydrogen) atoms. The summed E-state index contributed by atoms with van der Waals surface area (Å²) >= 11 is 0. The first kappa shape index (κ1) is 17.5. The quantitative estimate of drug-likeness (QED) is 0.767. The third kappa shape index (κ3) is 3.39. The van der Waals surface area contributed by atoms with Crippen LogP contribution in [0.1, 0.15) is 36.2 Å². The third-order valence-corrected chi connectivity index (χ3v) is 6.12. The van der Waals surface area contributed by atoms with Crippen LogP contribution in [0.4, 0.5) is 5.69 Å². The second-order valence-corrected chi connectivity index (χ2v) is 7.85. The highest BCUT2D eigenvalue weighted by atomic mass is 32.2. The molecule has 0 unspecified atom stereocenters. The molecule has 0 amide bonds. The Bertz CT molecular complexity index is 888. The van der Waals surface area contributed by atoms with E-state index in [2.05, 4.69) is 0 Å². The summed E-state index contributed by atoms with van der Waals surface area (Å²) in [7, 11) is -3.68. The van der Waals surface area contributed by atoms with Gasteiger partial charge in [-0.15, -0.1) is 0 Å². The Balaban J connectivity index is 2.01. The molecule has 1 heterocycles. The molecule has 0 saturated heterocycles. The maximum absolute atomic E-state index is 13.1. The Hall–Kier alpha value is -2.34. The van der Waals surface area contributed by atoms with Crippen molar-refractivity contribution in [3.05, 3.63) is 53.6 Å². The van der Waals surface area contributed by atoms with E-state index in [1.54, 1.807) is 36.4 Å². The number of anilines is 1. The van der Waals surface area contributed by atoms with E-state index in [1.165, 1.54) is 11.2 Å². The van der Waals surface area contributed by atoms with Crippen LogP contribution in [0.25, 0.3) is 0 Å². The number of hydrogen-bond acceptors (Lipinski definition) is 4. The first-order valence-electron chi connectivity index (χ1n) is 8.33. The van der Waals surface area contributed by atoms with Crippen molar-refractivity contribution in [3.63, 3.8) is 0 Å². The smallest absolute Gasteiger partial charge is 0.264 e. The Labute approximate surface area is 148 Å². The van der Waals surface area contributed by atoms with Gasteiger partial charge in [0, 0.05) is 12.1 Å². The van der Waals surface area contributed by atoms with Crippen molar-refractivity contribution in [1.29, 1.82) is 0 Å². The second-order valence-electron chi connectivity index (χ2n) is 5.98. The number of hydrogen-bond donors (Lipinski definition) is 0. The maximum atomic E-state index is 13.1. The first-order valence-corrected chi connectivity index (χ1v) is 9.77. The molecule has 6 heteroatoms. The van der Waals surface area contributed by atoms with E-state index in [-0.39, 0.29) is 10.7 Å². The Morgan fingerprint density at radius 2 is 1.88 bits per heavy atom. The number of carbonyl (C=O) groups excluding carboxylic acids is 1. The highest BCUT2D eigenvalue weighted by molar-refractivity contribution is 7.92. The van der Waals surface area contributed by atoms with Crippen molar-refractivity contribution in [2.75, 3.05) is 17.5 Å². The lowest BCUT2D eigenvalue weighted by atomic mass is 10.00. The minimum absolute atomic E-state index is 0.0770. The van der Waals surface area contributed by atoms with Crippen molar-refractivity contribution in [1.82, 2.24) is 0 Å². The number of ether oxygens (including phenoxy) is 1. The minimum Gasteiger partial charge on any atom is -0.494 e. The number of sulfonamides is 1. The van der Waals surface area contributed by atoms with Crippen molar-refractivity contribution in [2.24, 2.45) is 0 Å². The van der Waals surface area contributed by atoms with Gasteiger partial charge < -0.3 is 4.74 Å². The van der Waals surface area contributed by atoms with E-state index in [0.717, 1.165) is 18.4 Å². The highest BCUT2D eigenvalue weighted by Crippen LogP contribution is 2.33. The molecule has 0 bridgehead atoms. The molecule has 0 radical (unpaired) electrons. The summed E-state index contributed by atoms with van der Waals surface area (Å²) in [4.78, 5) is 11.9. The van der Waals surface area contributed by atoms with Crippen molar-refractivity contribution in [3.8, 4) is 5.75 Å². The number of aryl methyl sites for hydroxylation is 1. The molecule has 0 fully saturated rings. The number of nitrogens with zero attached hydrogens (tertiary/aromatic N) is 1. The van der Waals surface area contributed by atoms with Gasteiger partial charge in [0.2, 0.25) is 0 Å². The molecule has 132 valence electrons. The summed E-state index contributed by atoms with van der Waals surface area (Å²) in [5, 5.41) is 0. The average Bonchev–Trinajstić information content (AvgIpc) is 2.61. The molecule has 0 aliphatic carbocycles. The van der Waals surface area contributed by atoms with E-state index in [4.69, 9.17) is 4.74 Å². The molecule has 5 nitrogen and oxygen atoms in total. The first-order chi connectivity index (χ1) is 11.9. The summed E-state index contributed by atoms with van der Waals surface area (Å²) in [5.74, 6) is 0.561. The summed E-state index contributed by atoms with van der Waals surface area (Å²) in [6.07, 6.45) is 1.56. The van der Waals surface area contributed by atoms with Crippen LogP contribution in [0, 0.1) is 0 Å². The number of fused-ring (bicyclic) bond motifs is 1.